The summed E-state index contributed by atoms with van der Waals surface area (Å²) < 4.78 is 1.81. The van der Waals surface area contributed by atoms with Gasteiger partial charge in [0, 0.05) is 18.5 Å². The molecule has 26 heavy (non-hydrogen) atoms. The van der Waals surface area contributed by atoms with Gasteiger partial charge in [-0.05, 0) is 31.0 Å². The van der Waals surface area contributed by atoms with Crippen LogP contribution in [-0.2, 0) is 13.0 Å². The first-order valence-electron chi connectivity index (χ1n) is 9.52. The summed E-state index contributed by atoms with van der Waals surface area (Å²) in [5.41, 5.74) is 4.17. The molecule has 0 radical (unpaired) electrons. The molecule has 0 bridgehead atoms. The number of carbonyl (C=O) groups is 1. The van der Waals surface area contributed by atoms with E-state index in [0.29, 0.717) is 16.5 Å². The van der Waals surface area contributed by atoms with E-state index in [9.17, 15) is 9.59 Å². The van der Waals surface area contributed by atoms with Crippen molar-refractivity contribution in [1.82, 2.24) is 20.0 Å². The lowest BCUT2D eigenvalue weighted by Crippen LogP contribution is -3.12. The number of aromatic nitrogens is 2. The Morgan fingerprint density at radius 1 is 1.15 bits per heavy atom. The molecule has 0 saturated carbocycles. The number of benzene rings is 1. The Hall–Kier alpha value is -2.25. The summed E-state index contributed by atoms with van der Waals surface area (Å²) in [6.45, 7) is 4.46. The number of carbonyl (C=O) groups excluding carboxylic acids is 1. The molecule has 2 aromatic rings. The summed E-state index contributed by atoms with van der Waals surface area (Å²) in [5.74, 6) is 0.711. The van der Waals surface area contributed by atoms with Crippen molar-refractivity contribution in [2.45, 2.75) is 32.2 Å². The molecule has 138 valence electrons. The van der Waals surface area contributed by atoms with Crippen LogP contribution in [0.5, 0.6) is 0 Å². The van der Waals surface area contributed by atoms with E-state index in [-0.39, 0.29) is 11.5 Å². The van der Waals surface area contributed by atoms with E-state index >= 15 is 0 Å². The third-order valence-corrected chi connectivity index (χ3v) is 5.46. The first-order valence-corrected chi connectivity index (χ1v) is 9.52. The minimum Gasteiger partial charge on any atom is -0.335 e. The van der Waals surface area contributed by atoms with Gasteiger partial charge in [0.2, 0.25) is 0 Å². The molecule has 1 aromatic carbocycles. The molecule has 1 amide bonds. The van der Waals surface area contributed by atoms with Crippen LogP contribution in [0.15, 0.2) is 23.0 Å². The van der Waals surface area contributed by atoms with Crippen LogP contribution in [0.25, 0.3) is 10.9 Å². The lowest BCUT2D eigenvalue weighted by atomic mass is 10.1. The Kier molecular flexibility index (Phi) is 4.74. The number of nitrogens with one attached hydrogen (secondary N) is 2. The molecule has 1 aromatic heterocycles. The average molecular weight is 356 g/mol. The molecule has 2 aliphatic heterocycles. The number of hydrogen-bond donors (Lipinski definition) is 2. The van der Waals surface area contributed by atoms with Gasteiger partial charge < -0.3 is 4.90 Å². The molecule has 7 nitrogen and oxygen atoms in total. The minimum absolute atomic E-state index is 0.0147. The van der Waals surface area contributed by atoms with Crippen LogP contribution < -0.4 is 15.9 Å². The zero-order chi connectivity index (χ0) is 18.1. The molecular weight excluding hydrogens is 330 g/mol. The second-order valence-corrected chi connectivity index (χ2v) is 7.41. The summed E-state index contributed by atoms with van der Waals surface area (Å²) >= 11 is 0. The lowest BCUT2D eigenvalue weighted by Gasteiger charge is -2.30. The summed E-state index contributed by atoms with van der Waals surface area (Å²) in [7, 11) is 2.16. The highest BCUT2D eigenvalue weighted by molar-refractivity contribution is 5.97. The van der Waals surface area contributed by atoms with Crippen LogP contribution in [0.3, 0.4) is 0 Å². The van der Waals surface area contributed by atoms with Gasteiger partial charge in [0.1, 0.15) is 5.82 Å². The molecule has 1 fully saturated rings. The fourth-order valence-corrected chi connectivity index (χ4v) is 3.77. The van der Waals surface area contributed by atoms with E-state index < -0.39 is 0 Å². The Morgan fingerprint density at radius 3 is 2.77 bits per heavy atom. The second-order valence-electron chi connectivity index (χ2n) is 7.41. The number of hydrogen-bond acceptors (Lipinski definition) is 4. The third-order valence-electron chi connectivity index (χ3n) is 5.46. The fourth-order valence-electron chi connectivity index (χ4n) is 3.77. The van der Waals surface area contributed by atoms with Crippen molar-refractivity contribution < 1.29 is 9.69 Å². The normalized spacial score (nSPS) is 19.1. The van der Waals surface area contributed by atoms with Gasteiger partial charge >= 0.3 is 0 Å². The Balaban J connectivity index is 1.61. The molecule has 0 aliphatic carbocycles. The van der Waals surface area contributed by atoms with Crippen LogP contribution in [-0.4, -0.2) is 53.7 Å². The number of piperazine rings is 1. The van der Waals surface area contributed by atoms with E-state index in [0.717, 1.165) is 64.2 Å². The maximum absolute atomic E-state index is 12.8. The molecule has 0 atom stereocenters. The van der Waals surface area contributed by atoms with E-state index in [1.165, 1.54) is 4.90 Å². The summed E-state index contributed by atoms with van der Waals surface area (Å²) in [4.78, 5) is 31.5. The van der Waals surface area contributed by atoms with Gasteiger partial charge in [-0.3, -0.25) is 19.6 Å². The Morgan fingerprint density at radius 2 is 1.96 bits per heavy atom. The number of hydrazine groups is 1. The molecule has 2 N–H and O–H groups in total. The van der Waals surface area contributed by atoms with Gasteiger partial charge in [0.25, 0.3) is 11.5 Å². The number of likely N-dealkylation sites (N-methyl/N-ethyl adjacent to an activating group) is 1. The molecule has 0 spiro atoms. The largest absolute Gasteiger partial charge is 0.335 e. The maximum Gasteiger partial charge on any atom is 0.265 e. The first kappa shape index (κ1) is 17.2. The fraction of sp³-hybridized carbons (Fsp3) is 0.526. The van der Waals surface area contributed by atoms with Gasteiger partial charge in [-0.2, -0.15) is 0 Å². The van der Waals surface area contributed by atoms with Crippen molar-refractivity contribution in [3.05, 3.63) is 39.9 Å². The topological polar surface area (TPSA) is 71.7 Å². The van der Waals surface area contributed by atoms with Crippen LogP contribution in [0.4, 0.5) is 0 Å². The van der Waals surface area contributed by atoms with Crippen molar-refractivity contribution >= 4 is 16.8 Å². The van der Waals surface area contributed by atoms with Crippen molar-refractivity contribution in [2.75, 3.05) is 33.2 Å². The van der Waals surface area contributed by atoms with Crippen molar-refractivity contribution in [3.8, 4) is 0 Å². The van der Waals surface area contributed by atoms with Gasteiger partial charge in [-0.25, -0.2) is 9.99 Å². The number of aryl methyl sites for hydroxylation is 1. The Labute approximate surface area is 152 Å². The number of fused-ring (bicyclic) bond motifs is 2. The van der Waals surface area contributed by atoms with E-state index in [2.05, 4.69) is 12.5 Å². The molecule has 1 saturated heterocycles. The van der Waals surface area contributed by atoms with Crippen LogP contribution >= 0.6 is 0 Å². The third kappa shape index (κ3) is 3.37. The quantitative estimate of drug-likeness (QED) is 0.768. The molecular formula is C19H26N5O2+. The zero-order valence-electron chi connectivity index (χ0n) is 15.3. The second kappa shape index (κ2) is 7.17. The number of quaternary nitrogens is 1. The highest BCUT2D eigenvalue weighted by Crippen LogP contribution is 2.16. The molecule has 4 rings (SSSR count). The summed E-state index contributed by atoms with van der Waals surface area (Å²) in [6.07, 6.45) is 4.03. The van der Waals surface area contributed by atoms with Crippen molar-refractivity contribution in [2.24, 2.45) is 0 Å². The van der Waals surface area contributed by atoms with Gasteiger partial charge in [0.05, 0.1) is 44.1 Å². The standard InChI is InChI=1S/C19H25N5O2/c1-22-9-11-23(12-10-22)21-18(25)14-6-7-15-16(13-14)20-17-5-3-2-4-8-24(17)19(15)26/h6-7,13H,2-5,8-12H2,1H3,(H,21,25)/p+1. The smallest absolute Gasteiger partial charge is 0.265 e. The van der Waals surface area contributed by atoms with E-state index in [1.807, 2.05) is 9.58 Å². The number of amides is 1. The predicted molar refractivity (Wildman–Crippen MR) is 99.2 cm³/mol. The lowest BCUT2D eigenvalue weighted by molar-refractivity contribution is -0.884. The maximum atomic E-state index is 12.8. The summed E-state index contributed by atoms with van der Waals surface area (Å²) in [5, 5.41) is 2.56. The van der Waals surface area contributed by atoms with Gasteiger partial charge in [-0.1, -0.05) is 6.42 Å². The molecule has 3 heterocycles. The monoisotopic (exact) mass is 356 g/mol. The zero-order valence-corrected chi connectivity index (χ0v) is 15.3. The van der Waals surface area contributed by atoms with Crippen LogP contribution in [0.2, 0.25) is 0 Å². The highest BCUT2D eigenvalue weighted by atomic mass is 16.2. The number of nitrogens with zero attached hydrogens (tertiary/aromatic N) is 3. The Bertz CT molecular complexity index is 883. The summed E-state index contributed by atoms with van der Waals surface area (Å²) in [6, 6.07) is 5.22. The van der Waals surface area contributed by atoms with Gasteiger partial charge in [-0.15, -0.1) is 0 Å². The van der Waals surface area contributed by atoms with E-state index in [4.69, 9.17) is 4.98 Å². The molecule has 0 unspecified atom stereocenters. The number of rotatable bonds is 2. The van der Waals surface area contributed by atoms with E-state index in [1.54, 1.807) is 18.2 Å². The van der Waals surface area contributed by atoms with Gasteiger partial charge in [0.15, 0.2) is 0 Å². The SMILES string of the molecule is C[NH+]1CCN(NC(=O)c2ccc3c(=O)n4c(nc3c2)CCCCC4)CC1. The molecule has 7 heteroatoms. The first-order chi connectivity index (χ1) is 12.6. The predicted octanol–water partition coefficient (Wildman–Crippen LogP) is -0.402. The molecule has 2 aliphatic rings. The van der Waals surface area contributed by atoms with Crippen molar-refractivity contribution in [3.63, 3.8) is 0 Å². The average Bonchev–Trinajstić information content (AvgIpc) is 2.89. The van der Waals surface area contributed by atoms with Crippen LogP contribution in [0.1, 0.15) is 35.4 Å². The van der Waals surface area contributed by atoms with Crippen LogP contribution in [0, 0.1) is 0 Å². The minimum atomic E-state index is -0.136. The highest BCUT2D eigenvalue weighted by Gasteiger charge is 2.20. The van der Waals surface area contributed by atoms with Crippen molar-refractivity contribution in [1.29, 1.82) is 0 Å².